The number of alkyl halides is 3. The van der Waals surface area contributed by atoms with Crippen LogP contribution in [0.1, 0.15) is 0 Å². The zero-order chi connectivity index (χ0) is 16.4. The van der Waals surface area contributed by atoms with Crippen molar-refractivity contribution < 1.29 is 41.4 Å². The minimum Gasteiger partial charge on any atom is -0.480 e. The van der Waals surface area contributed by atoms with E-state index in [0.717, 1.165) is 0 Å². The molecule has 1 rings (SSSR count). The standard InChI is InChI=1S/C7H11NO4S.C2HF3O2/c1-2-7(5(8)6(9)10)3-13(11,12)4-7;3-2(4,5)1(6)7/h2,5H,1,3-4,8H2,(H,9,10);(H,6,7). The molecule has 1 aliphatic heterocycles. The number of hydrogen-bond acceptors (Lipinski definition) is 5. The molecule has 0 bridgehead atoms. The topological polar surface area (TPSA) is 135 Å². The van der Waals surface area contributed by atoms with E-state index in [1.807, 2.05) is 0 Å². The van der Waals surface area contributed by atoms with E-state index in [2.05, 4.69) is 6.58 Å². The first kappa shape index (κ1) is 18.4. The van der Waals surface area contributed by atoms with Crippen LogP contribution in [0.4, 0.5) is 13.2 Å². The van der Waals surface area contributed by atoms with Gasteiger partial charge in [0.2, 0.25) is 0 Å². The summed E-state index contributed by atoms with van der Waals surface area (Å²) in [6, 6.07) is -1.19. The molecule has 1 atom stereocenters. The molecule has 0 radical (unpaired) electrons. The summed E-state index contributed by atoms with van der Waals surface area (Å²) in [6.07, 6.45) is -3.76. The minimum absolute atomic E-state index is 0.211. The van der Waals surface area contributed by atoms with Gasteiger partial charge in [0, 0.05) is 5.41 Å². The second-order valence-corrected chi connectivity index (χ2v) is 6.15. The van der Waals surface area contributed by atoms with Gasteiger partial charge in [-0.25, -0.2) is 13.2 Å². The van der Waals surface area contributed by atoms with Crippen molar-refractivity contribution in [2.24, 2.45) is 11.1 Å². The second-order valence-electron chi connectivity index (χ2n) is 4.09. The number of halogens is 3. The third kappa shape index (κ3) is 4.49. The number of hydrogen-bond donors (Lipinski definition) is 3. The van der Waals surface area contributed by atoms with Crippen molar-refractivity contribution in [3.8, 4) is 0 Å². The van der Waals surface area contributed by atoms with Gasteiger partial charge in [-0.3, -0.25) is 4.79 Å². The molecule has 7 nitrogen and oxygen atoms in total. The van der Waals surface area contributed by atoms with Gasteiger partial charge < -0.3 is 15.9 Å². The lowest BCUT2D eigenvalue weighted by Gasteiger charge is -2.40. The van der Waals surface area contributed by atoms with E-state index in [4.69, 9.17) is 20.7 Å². The monoisotopic (exact) mass is 319 g/mol. The number of rotatable bonds is 3. The molecule has 1 fully saturated rings. The van der Waals surface area contributed by atoms with Gasteiger partial charge in [-0.1, -0.05) is 6.08 Å². The molecule has 0 aliphatic carbocycles. The molecule has 0 spiro atoms. The summed E-state index contributed by atoms with van der Waals surface area (Å²) in [7, 11) is -3.09. The van der Waals surface area contributed by atoms with Crippen LogP contribution >= 0.6 is 0 Å². The van der Waals surface area contributed by atoms with Crippen LogP contribution in [0.25, 0.3) is 0 Å². The van der Waals surface area contributed by atoms with E-state index < -0.39 is 39.4 Å². The van der Waals surface area contributed by atoms with Gasteiger partial charge in [0.15, 0.2) is 9.84 Å². The summed E-state index contributed by atoms with van der Waals surface area (Å²) < 4.78 is 53.5. The van der Waals surface area contributed by atoms with Gasteiger partial charge in [0.05, 0.1) is 11.5 Å². The van der Waals surface area contributed by atoms with Crippen molar-refractivity contribution >= 4 is 21.8 Å². The highest BCUT2D eigenvalue weighted by Gasteiger charge is 2.52. The van der Waals surface area contributed by atoms with E-state index in [0.29, 0.717) is 0 Å². The minimum atomic E-state index is -5.08. The van der Waals surface area contributed by atoms with Gasteiger partial charge in [-0.2, -0.15) is 13.2 Å². The summed E-state index contributed by atoms with van der Waals surface area (Å²) in [4.78, 5) is 19.4. The number of nitrogens with two attached hydrogens (primary N) is 1. The smallest absolute Gasteiger partial charge is 0.480 e. The summed E-state index contributed by atoms with van der Waals surface area (Å²) in [5, 5.41) is 15.7. The molecule has 0 saturated carbocycles. The summed E-state index contributed by atoms with van der Waals surface area (Å²) in [6.45, 7) is 3.42. The van der Waals surface area contributed by atoms with E-state index in [1.165, 1.54) is 6.08 Å². The van der Waals surface area contributed by atoms with E-state index >= 15 is 0 Å². The quantitative estimate of drug-likeness (QED) is 0.604. The average molecular weight is 319 g/mol. The Kier molecular flexibility index (Phi) is 5.32. The normalized spacial score (nSPS) is 20.6. The molecule has 0 aromatic rings. The summed E-state index contributed by atoms with van der Waals surface area (Å²) in [5.41, 5.74) is 4.39. The van der Waals surface area contributed by atoms with Crippen LogP contribution in [0.15, 0.2) is 12.7 Å². The van der Waals surface area contributed by atoms with Gasteiger partial charge in [0.1, 0.15) is 6.04 Å². The first-order chi connectivity index (χ1) is 8.77. The lowest BCUT2D eigenvalue weighted by molar-refractivity contribution is -0.192. The maximum absolute atomic E-state index is 10.9. The molecule has 0 aromatic heterocycles. The summed E-state index contributed by atoms with van der Waals surface area (Å²) >= 11 is 0. The van der Waals surface area contributed by atoms with Crippen molar-refractivity contribution in [1.29, 1.82) is 0 Å². The Morgan fingerprint density at radius 1 is 1.30 bits per heavy atom. The Morgan fingerprint density at radius 3 is 1.80 bits per heavy atom. The lowest BCUT2D eigenvalue weighted by Crippen LogP contribution is -2.60. The highest BCUT2D eigenvalue weighted by atomic mass is 32.2. The zero-order valence-corrected chi connectivity index (χ0v) is 10.7. The fourth-order valence-corrected chi connectivity index (χ4v) is 3.59. The largest absolute Gasteiger partial charge is 0.490 e. The molecule has 1 saturated heterocycles. The second kappa shape index (κ2) is 5.79. The average Bonchev–Trinajstić information content (AvgIpc) is 2.23. The predicted octanol–water partition coefficient (Wildman–Crippen LogP) is -0.368. The number of carbonyl (C=O) groups is 2. The van der Waals surface area contributed by atoms with Gasteiger partial charge >= 0.3 is 18.1 Å². The van der Waals surface area contributed by atoms with Crippen LogP contribution in [0, 0.1) is 5.41 Å². The molecule has 1 unspecified atom stereocenters. The summed E-state index contributed by atoms with van der Waals surface area (Å²) in [5.74, 6) is -4.38. The molecule has 0 amide bonds. The molecule has 1 heterocycles. The van der Waals surface area contributed by atoms with Crippen molar-refractivity contribution in [1.82, 2.24) is 0 Å². The van der Waals surface area contributed by atoms with Crippen LogP contribution in [-0.2, 0) is 19.4 Å². The number of aliphatic carboxylic acids is 2. The molecule has 11 heteroatoms. The van der Waals surface area contributed by atoms with Crippen molar-refractivity contribution in [3.05, 3.63) is 12.7 Å². The maximum Gasteiger partial charge on any atom is 0.490 e. The molecule has 1 aliphatic rings. The third-order valence-corrected chi connectivity index (χ3v) is 4.47. The van der Waals surface area contributed by atoms with E-state index in [-0.39, 0.29) is 11.5 Å². The van der Waals surface area contributed by atoms with E-state index in [1.54, 1.807) is 0 Å². The van der Waals surface area contributed by atoms with Gasteiger partial charge in [-0.15, -0.1) is 6.58 Å². The SMILES string of the molecule is C=CC1(C(N)C(=O)O)CS(=O)(=O)C1.O=C(O)C(F)(F)F. The van der Waals surface area contributed by atoms with Crippen LogP contribution in [0.3, 0.4) is 0 Å². The van der Waals surface area contributed by atoms with Crippen LogP contribution in [0.5, 0.6) is 0 Å². The Balaban J connectivity index is 0.000000441. The van der Waals surface area contributed by atoms with Crippen molar-refractivity contribution in [3.63, 3.8) is 0 Å². The maximum atomic E-state index is 10.9. The van der Waals surface area contributed by atoms with Gasteiger partial charge in [0.25, 0.3) is 0 Å². The Morgan fingerprint density at radius 2 is 1.65 bits per heavy atom. The van der Waals surface area contributed by atoms with Crippen LogP contribution < -0.4 is 5.73 Å². The van der Waals surface area contributed by atoms with E-state index in [9.17, 15) is 26.4 Å². The highest BCUT2D eigenvalue weighted by Crippen LogP contribution is 2.36. The zero-order valence-electron chi connectivity index (χ0n) is 9.92. The Bertz CT molecular complexity index is 500. The molecule has 116 valence electrons. The first-order valence-corrected chi connectivity index (χ1v) is 6.72. The highest BCUT2D eigenvalue weighted by molar-refractivity contribution is 7.92. The lowest BCUT2D eigenvalue weighted by atomic mass is 9.84. The number of carboxylic acids is 2. The number of sulfone groups is 1. The molecule has 20 heavy (non-hydrogen) atoms. The molecule has 4 N–H and O–H groups in total. The third-order valence-electron chi connectivity index (χ3n) is 2.51. The Labute approximate surface area is 111 Å². The fourth-order valence-electron chi connectivity index (χ4n) is 1.45. The van der Waals surface area contributed by atoms with Crippen molar-refractivity contribution in [2.75, 3.05) is 11.5 Å². The van der Waals surface area contributed by atoms with Crippen LogP contribution in [0.2, 0.25) is 0 Å². The van der Waals surface area contributed by atoms with Crippen molar-refractivity contribution in [2.45, 2.75) is 12.2 Å². The fraction of sp³-hybridized carbons (Fsp3) is 0.556. The van der Waals surface area contributed by atoms with Gasteiger partial charge in [-0.05, 0) is 0 Å². The first-order valence-electron chi connectivity index (χ1n) is 4.90. The van der Waals surface area contributed by atoms with Crippen LogP contribution in [-0.4, -0.2) is 54.3 Å². The molecular weight excluding hydrogens is 307 g/mol. The molecular formula is C9H12F3NO6S. The Hall–Kier alpha value is -1.62. The molecule has 0 aromatic carbocycles. The number of carboxylic acid groups (broad SMARTS) is 2. The predicted molar refractivity (Wildman–Crippen MR) is 60.6 cm³/mol.